The van der Waals surface area contributed by atoms with Crippen LogP contribution in [0.2, 0.25) is 0 Å². The van der Waals surface area contributed by atoms with E-state index in [0.717, 1.165) is 11.1 Å². The predicted molar refractivity (Wildman–Crippen MR) is 63.8 cm³/mol. The van der Waals surface area contributed by atoms with Gasteiger partial charge in [0.1, 0.15) is 0 Å². The largest absolute Gasteiger partial charge is 0.283 e. The first-order valence-corrected chi connectivity index (χ1v) is 6.83. The summed E-state index contributed by atoms with van der Waals surface area (Å²) in [4.78, 5) is 0. The van der Waals surface area contributed by atoms with Crippen LogP contribution >= 0.6 is 11.6 Å². The fourth-order valence-electron chi connectivity index (χ4n) is 1.21. The van der Waals surface area contributed by atoms with Crippen LogP contribution in [0, 0.1) is 6.92 Å². The topological polar surface area (TPSA) is 46.2 Å². The predicted octanol–water partition coefficient (Wildman–Crippen LogP) is 2.50. The second-order valence-corrected chi connectivity index (χ2v) is 5.52. The van der Waals surface area contributed by atoms with Gasteiger partial charge in [0.05, 0.1) is 11.4 Å². The van der Waals surface area contributed by atoms with Gasteiger partial charge in [-0.2, -0.15) is 0 Å². The van der Waals surface area contributed by atoms with Crippen molar-refractivity contribution in [1.29, 1.82) is 0 Å². The maximum Gasteiger partial charge on any atom is 0.232 e. The molecule has 1 aromatic carbocycles. The van der Waals surface area contributed by atoms with Crippen molar-refractivity contribution < 1.29 is 8.42 Å². The van der Waals surface area contributed by atoms with Gasteiger partial charge in [-0.05, 0) is 31.0 Å². The van der Waals surface area contributed by atoms with Crippen LogP contribution in [-0.4, -0.2) is 14.2 Å². The average Bonchev–Trinajstić information content (AvgIpc) is 2.18. The highest BCUT2D eigenvalue weighted by Crippen LogP contribution is 2.22. The molecule has 0 saturated carbocycles. The van der Waals surface area contributed by atoms with Crippen molar-refractivity contribution in [3.8, 4) is 0 Å². The molecule has 0 aliphatic heterocycles. The SMILES string of the molecule is CCS(=O)(=O)Nc1cccc(C)c1CCl. The Labute approximate surface area is 95.5 Å². The van der Waals surface area contributed by atoms with Crippen LogP contribution in [0.5, 0.6) is 0 Å². The second kappa shape index (κ2) is 4.86. The number of benzene rings is 1. The maximum absolute atomic E-state index is 11.4. The van der Waals surface area contributed by atoms with Gasteiger partial charge in [-0.1, -0.05) is 12.1 Å². The maximum atomic E-state index is 11.4. The van der Waals surface area contributed by atoms with Crippen molar-refractivity contribution in [3.63, 3.8) is 0 Å². The average molecular weight is 248 g/mol. The molecule has 0 aromatic heterocycles. The minimum Gasteiger partial charge on any atom is -0.283 e. The van der Waals surface area contributed by atoms with Crippen LogP contribution in [-0.2, 0) is 15.9 Å². The summed E-state index contributed by atoms with van der Waals surface area (Å²) in [6.07, 6.45) is 0. The second-order valence-electron chi connectivity index (χ2n) is 3.24. The molecule has 0 saturated heterocycles. The molecule has 0 fully saturated rings. The smallest absolute Gasteiger partial charge is 0.232 e. The Morgan fingerprint density at radius 3 is 2.60 bits per heavy atom. The van der Waals surface area contributed by atoms with Gasteiger partial charge < -0.3 is 0 Å². The molecule has 0 spiro atoms. The van der Waals surface area contributed by atoms with Crippen LogP contribution in [0.1, 0.15) is 18.1 Å². The Hall–Kier alpha value is -0.740. The van der Waals surface area contributed by atoms with Crippen LogP contribution in [0.25, 0.3) is 0 Å². The molecular weight excluding hydrogens is 234 g/mol. The third kappa shape index (κ3) is 3.11. The summed E-state index contributed by atoms with van der Waals surface area (Å²) in [5.41, 5.74) is 2.39. The fraction of sp³-hybridized carbons (Fsp3) is 0.400. The number of halogens is 1. The lowest BCUT2D eigenvalue weighted by atomic mass is 10.1. The first-order valence-electron chi connectivity index (χ1n) is 4.65. The van der Waals surface area contributed by atoms with E-state index in [1.165, 1.54) is 0 Å². The van der Waals surface area contributed by atoms with Crippen LogP contribution < -0.4 is 4.72 Å². The number of hydrogen-bond acceptors (Lipinski definition) is 2. The van der Waals surface area contributed by atoms with Gasteiger partial charge >= 0.3 is 0 Å². The molecule has 15 heavy (non-hydrogen) atoms. The molecular formula is C10H14ClNO2S. The summed E-state index contributed by atoms with van der Waals surface area (Å²) in [5.74, 6) is 0.358. The summed E-state index contributed by atoms with van der Waals surface area (Å²) in [6, 6.07) is 5.43. The molecule has 1 aromatic rings. The van der Waals surface area contributed by atoms with Crippen LogP contribution in [0.3, 0.4) is 0 Å². The molecule has 3 nitrogen and oxygen atoms in total. The number of sulfonamides is 1. The third-order valence-electron chi connectivity index (χ3n) is 2.19. The van der Waals surface area contributed by atoms with E-state index in [4.69, 9.17) is 11.6 Å². The molecule has 0 aliphatic rings. The number of aryl methyl sites for hydroxylation is 1. The first kappa shape index (κ1) is 12.3. The summed E-state index contributed by atoms with van der Waals surface area (Å²) in [5, 5.41) is 0. The van der Waals surface area contributed by atoms with E-state index >= 15 is 0 Å². The molecule has 0 bridgehead atoms. The van der Waals surface area contributed by atoms with E-state index in [1.54, 1.807) is 19.1 Å². The Bertz CT molecular complexity index is 443. The van der Waals surface area contributed by atoms with E-state index in [1.807, 2.05) is 13.0 Å². The highest BCUT2D eigenvalue weighted by atomic mass is 35.5. The fourth-order valence-corrected chi connectivity index (χ4v) is 2.24. The molecule has 1 N–H and O–H groups in total. The van der Waals surface area contributed by atoms with Crippen molar-refractivity contribution in [1.82, 2.24) is 0 Å². The summed E-state index contributed by atoms with van der Waals surface area (Å²) < 4.78 is 25.3. The van der Waals surface area contributed by atoms with Gasteiger partial charge in [0.25, 0.3) is 0 Å². The molecule has 0 radical (unpaired) electrons. The minimum absolute atomic E-state index is 0.0582. The van der Waals surface area contributed by atoms with Crippen LogP contribution in [0.15, 0.2) is 18.2 Å². The lowest BCUT2D eigenvalue weighted by Crippen LogP contribution is -2.15. The van der Waals surface area contributed by atoms with Crippen molar-refractivity contribution >= 4 is 27.3 Å². The molecule has 1 rings (SSSR count). The molecule has 0 atom stereocenters. The van der Waals surface area contributed by atoms with Crippen LogP contribution in [0.4, 0.5) is 5.69 Å². The molecule has 0 aliphatic carbocycles. The third-order valence-corrected chi connectivity index (χ3v) is 3.75. The van der Waals surface area contributed by atoms with Crippen molar-refractivity contribution in [2.24, 2.45) is 0 Å². The molecule has 0 amide bonds. The zero-order chi connectivity index (χ0) is 11.5. The number of nitrogens with one attached hydrogen (secondary N) is 1. The number of anilines is 1. The number of rotatable bonds is 4. The van der Waals surface area contributed by atoms with E-state index in [0.29, 0.717) is 11.6 Å². The Morgan fingerprint density at radius 1 is 1.40 bits per heavy atom. The van der Waals surface area contributed by atoms with Gasteiger partial charge in [-0.3, -0.25) is 4.72 Å². The zero-order valence-electron chi connectivity index (χ0n) is 8.75. The number of alkyl halides is 1. The van der Waals surface area contributed by atoms with Gasteiger partial charge in [0.2, 0.25) is 10.0 Å². The quantitative estimate of drug-likeness (QED) is 0.831. The van der Waals surface area contributed by atoms with Crippen molar-refractivity contribution in [3.05, 3.63) is 29.3 Å². The van der Waals surface area contributed by atoms with E-state index in [9.17, 15) is 8.42 Å². The van der Waals surface area contributed by atoms with E-state index in [2.05, 4.69) is 4.72 Å². The Morgan fingerprint density at radius 2 is 2.07 bits per heavy atom. The normalized spacial score (nSPS) is 11.4. The first-order chi connectivity index (χ1) is 7.00. The Balaban J connectivity index is 3.10. The lowest BCUT2D eigenvalue weighted by molar-refractivity contribution is 0.602. The minimum atomic E-state index is -3.23. The highest BCUT2D eigenvalue weighted by molar-refractivity contribution is 7.92. The van der Waals surface area contributed by atoms with Gasteiger partial charge in [0, 0.05) is 5.88 Å². The summed E-state index contributed by atoms with van der Waals surface area (Å²) in [6.45, 7) is 3.50. The standard InChI is InChI=1S/C10H14ClNO2S/c1-3-15(13,14)12-10-6-4-5-8(2)9(10)7-11/h4-6,12H,3,7H2,1-2H3. The monoisotopic (exact) mass is 247 g/mol. The van der Waals surface area contributed by atoms with E-state index < -0.39 is 10.0 Å². The molecule has 84 valence electrons. The lowest BCUT2D eigenvalue weighted by Gasteiger charge is -2.11. The summed E-state index contributed by atoms with van der Waals surface area (Å²) in [7, 11) is -3.23. The van der Waals surface area contributed by atoms with Crippen molar-refractivity contribution in [2.45, 2.75) is 19.7 Å². The van der Waals surface area contributed by atoms with E-state index in [-0.39, 0.29) is 5.75 Å². The Kier molecular flexibility index (Phi) is 3.99. The molecule has 0 heterocycles. The highest BCUT2D eigenvalue weighted by Gasteiger charge is 2.10. The molecule has 5 heteroatoms. The number of hydrogen-bond donors (Lipinski definition) is 1. The van der Waals surface area contributed by atoms with Crippen molar-refractivity contribution in [2.75, 3.05) is 10.5 Å². The van der Waals surface area contributed by atoms with Gasteiger partial charge in [-0.25, -0.2) is 8.42 Å². The van der Waals surface area contributed by atoms with Gasteiger partial charge in [-0.15, -0.1) is 11.6 Å². The summed E-state index contributed by atoms with van der Waals surface area (Å²) >= 11 is 5.77. The zero-order valence-corrected chi connectivity index (χ0v) is 10.3. The molecule has 0 unspecified atom stereocenters. The van der Waals surface area contributed by atoms with Gasteiger partial charge in [0.15, 0.2) is 0 Å².